The SMILES string of the molecule is CCN1C(=CC=CC2=[N+](CCCCCC(=O)O)c3ccc4c(S(=O)(=O)O)cc(S(=O)(=O)O)cc4c3C2(C)CCCS(=O)(=O)O)C(C)(CCOCCOC)c2c1ccc1c(S(=O)(=O)O)cc(S(=O)(=O)O)cc21. The Labute approximate surface area is 412 Å². The monoisotopic (exact) mass is 1090 g/mol. The van der Waals surface area contributed by atoms with Crippen LogP contribution in [-0.4, -0.2) is 132 Å². The Morgan fingerprint density at radius 1 is 0.676 bits per heavy atom. The van der Waals surface area contributed by atoms with Gasteiger partial charge in [0.2, 0.25) is 5.69 Å². The van der Waals surface area contributed by atoms with Gasteiger partial charge in [0.05, 0.1) is 34.2 Å². The normalized spacial score (nSPS) is 19.5. The van der Waals surface area contributed by atoms with Crippen molar-refractivity contribution in [3.8, 4) is 0 Å². The molecule has 0 saturated heterocycles. The highest BCUT2D eigenvalue weighted by atomic mass is 32.2. The van der Waals surface area contributed by atoms with Crippen molar-refractivity contribution < 1.29 is 88.8 Å². The Hall–Kier alpha value is -4.71. The van der Waals surface area contributed by atoms with E-state index in [1.807, 2.05) is 23.3 Å². The molecule has 388 valence electrons. The molecular weight excluding hydrogens is 1030 g/mol. The van der Waals surface area contributed by atoms with E-state index >= 15 is 0 Å². The predicted molar refractivity (Wildman–Crippen MR) is 261 cm³/mol. The molecule has 6 rings (SSSR count). The van der Waals surface area contributed by atoms with Gasteiger partial charge in [-0.25, -0.2) is 0 Å². The summed E-state index contributed by atoms with van der Waals surface area (Å²) in [5, 5.41) is 9.17. The molecule has 0 radical (unpaired) electrons. The first kappa shape index (κ1) is 55.6. The van der Waals surface area contributed by atoms with Crippen molar-refractivity contribution >= 4 is 95.2 Å². The molecule has 2 unspecified atom stereocenters. The zero-order valence-electron chi connectivity index (χ0n) is 39.0. The molecule has 0 aliphatic carbocycles. The largest absolute Gasteiger partial charge is 0.481 e. The number of anilines is 1. The summed E-state index contributed by atoms with van der Waals surface area (Å²) in [6, 6.07) is 9.34. The molecule has 21 nitrogen and oxygen atoms in total. The molecule has 0 saturated carbocycles. The van der Waals surface area contributed by atoms with Gasteiger partial charge in [0.15, 0.2) is 5.71 Å². The van der Waals surface area contributed by atoms with E-state index in [1.165, 1.54) is 25.3 Å². The van der Waals surface area contributed by atoms with Gasteiger partial charge in [0.25, 0.3) is 50.6 Å². The van der Waals surface area contributed by atoms with Crippen molar-refractivity contribution in [1.29, 1.82) is 0 Å². The van der Waals surface area contributed by atoms with E-state index in [0.717, 1.165) is 12.1 Å². The fourth-order valence-corrected chi connectivity index (χ4v) is 13.1. The number of unbranched alkanes of at least 4 members (excludes halogenated alkanes) is 2. The molecule has 0 spiro atoms. The molecule has 26 heteroatoms. The number of hydrogen-bond acceptors (Lipinski definition) is 14. The lowest BCUT2D eigenvalue weighted by Gasteiger charge is -2.30. The molecule has 71 heavy (non-hydrogen) atoms. The molecule has 0 bridgehead atoms. The molecule has 2 atom stereocenters. The first-order valence-corrected chi connectivity index (χ1v) is 29.4. The van der Waals surface area contributed by atoms with Crippen LogP contribution in [0.15, 0.2) is 92.0 Å². The number of carboxylic acids is 1. The van der Waals surface area contributed by atoms with Crippen LogP contribution in [0, 0.1) is 0 Å². The molecule has 2 aliphatic rings. The number of nitrogens with zero attached hydrogens (tertiary/aromatic N) is 2. The summed E-state index contributed by atoms with van der Waals surface area (Å²) >= 11 is 0. The third kappa shape index (κ3) is 11.7. The van der Waals surface area contributed by atoms with Crippen molar-refractivity contribution in [3.05, 3.63) is 83.6 Å². The Morgan fingerprint density at radius 3 is 1.77 bits per heavy atom. The fourth-order valence-electron chi connectivity index (χ4n) is 9.89. The van der Waals surface area contributed by atoms with Crippen LogP contribution in [-0.2, 0) is 75.7 Å². The molecule has 0 amide bonds. The van der Waals surface area contributed by atoms with E-state index in [9.17, 15) is 74.8 Å². The van der Waals surface area contributed by atoms with E-state index in [2.05, 4.69) is 0 Å². The number of benzene rings is 4. The number of fused-ring (bicyclic) bond motifs is 6. The molecule has 0 fully saturated rings. The smallest absolute Gasteiger partial charge is 0.303 e. The standard InChI is InChI=1S/C45H54N2O19S5/c1-5-46-35-16-14-31-33(25-29(68(53,54)55)27-37(31)70(59,60)61)42(35)45(3,19-21-66-23-22-65-4)39(46)11-9-12-40-44(2,18-10-24-67(50,51)52)43-34-26-30(69(56,57)58)28-38(71(62,63)64)32(34)15-17-36(43)47(40)20-8-6-7-13-41(48)49/h9,11-12,14-17,25-28H,5-8,10,13,18-24H2,1-4H3,(H5-,48,49,50,51,52,53,54,55,56,57,58,59,60,61,62,63,64)/p+1. The number of aliphatic carboxylic acids is 1. The second kappa shape index (κ2) is 20.7. The number of hydrogen-bond donors (Lipinski definition) is 6. The lowest BCUT2D eigenvalue weighted by molar-refractivity contribution is -0.438. The van der Waals surface area contributed by atoms with Gasteiger partial charge in [-0.05, 0) is 112 Å². The van der Waals surface area contributed by atoms with Crippen molar-refractivity contribution in [2.45, 2.75) is 96.1 Å². The van der Waals surface area contributed by atoms with Crippen LogP contribution >= 0.6 is 0 Å². The lowest BCUT2D eigenvalue weighted by atomic mass is 9.74. The summed E-state index contributed by atoms with van der Waals surface area (Å²) in [6.07, 6.45) is 6.01. The van der Waals surface area contributed by atoms with Crippen molar-refractivity contribution in [3.63, 3.8) is 0 Å². The first-order chi connectivity index (χ1) is 32.9. The van der Waals surface area contributed by atoms with E-state index < -0.39 is 92.7 Å². The quantitative estimate of drug-likeness (QED) is 0.0284. The number of methoxy groups -OCH3 is 1. The Balaban J connectivity index is 1.65. The highest BCUT2D eigenvalue weighted by molar-refractivity contribution is 7.87. The number of allylic oxidation sites excluding steroid dienone is 4. The number of carboxylic acid groups (broad SMARTS) is 1. The Kier molecular flexibility index (Phi) is 16.2. The maximum Gasteiger partial charge on any atom is 0.303 e. The maximum absolute atomic E-state index is 12.8. The van der Waals surface area contributed by atoms with Crippen molar-refractivity contribution in [1.82, 2.24) is 0 Å². The zero-order chi connectivity index (χ0) is 52.7. The van der Waals surface area contributed by atoms with Crippen molar-refractivity contribution in [2.24, 2.45) is 0 Å². The van der Waals surface area contributed by atoms with Crippen molar-refractivity contribution in [2.75, 3.05) is 50.7 Å². The average Bonchev–Trinajstić information content (AvgIpc) is 3.64. The van der Waals surface area contributed by atoms with Crippen LogP contribution in [0.3, 0.4) is 0 Å². The van der Waals surface area contributed by atoms with Crippen LogP contribution in [0.1, 0.15) is 76.8 Å². The zero-order valence-corrected chi connectivity index (χ0v) is 43.1. The molecule has 6 N–H and O–H groups in total. The third-order valence-corrected chi connectivity index (χ3v) is 17.3. The molecule has 4 aromatic rings. The molecule has 0 aromatic heterocycles. The van der Waals surface area contributed by atoms with Crippen LogP contribution in [0.2, 0.25) is 0 Å². The molecule has 2 aliphatic heterocycles. The van der Waals surface area contributed by atoms with Gasteiger partial charge in [-0.15, -0.1) is 0 Å². The minimum Gasteiger partial charge on any atom is -0.481 e. The highest BCUT2D eigenvalue weighted by Gasteiger charge is 2.50. The van der Waals surface area contributed by atoms with E-state index in [1.54, 1.807) is 31.2 Å². The van der Waals surface area contributed by atoms with E-state index in [0.29, 0.717) is 59.7 Å². The number of ether oxygens (including phenoxy) is 2. The topological polar surface area (TPSA) is 334 Å². The van der Waals surface area contributed by atoms with Gasteiger partial charge in [0.1, 0.15) is 16.3 Å². The summed E-state index contributed by atoms with van der Waals surface area (Å²) in [6.45, 7) is 6.36. The minimum absolute atomic E-state index is 0.0397. The summed E-state index contributed by atoms with van der Waals surface area (Å²) in [7, 11) is -23.4. The fraction of sp³-hybridized carbons (Fsp3) is 0.422. The highest BCUT2D eigenvalue weighted by Crippen LogP contribution is 2.54. The molecule has 4 aromatic carbocycles. The number of likely N-dealkylation sites (N-methyl/N-ethyl adjacent to an activating group) is 1. The second-order valence-corrected chi connectivity index (χ2v) is 24.9. The summed E-state index contributed by atoms with van der Waals surface area (Å²) in [5.41, 5.74) is 0.0983. The van der Waals surface area contributed by atoms with Crippen LogP contribution in [0.4, 0.5) is 11.4 Å². The van der Waals surface area contributed by atoms with Crippen LogP contribution in [0.5, 0.6) is 0 Å². The summed E-state index contributed by atoms with van der Waals surface area (Å²) in [4.78, 5) is 10.0. The average molecular weight is 1090 g/mol. The lowest BCUT2D eigenvalue weighted by Crippen LogP contribution is -2.32. The molecule has 2 heterocycles. The van der Waals surface area contributed by atoms with E-state index in [4.69, 9.17) is 9.47 Å². The van der Waals surface area contributed by atoms with Gasteiger partial charge in [-0.1, -0.05) is 12.1 Å². The van der Waals surface area contributed by atoms with Gasteiger partial charge in [0, 0.05) is 78.4 Å². The number of rotatable bonds is 23. The third-order valence-electron chi connectivity index (χ3n) is 13.0. The van der Waals surface area contributed by atoms with Gasteiger partial charge < -0.3 is 19.5 Å². The summed E-state index contributed by atoms with van der Waals surface area (Å²) < 4.78 is 190. The van der Waals surface area contributed by atoms with Gasteiger partial charge >= 0.3 is 5.97 Å². The predicted octanol–water partition coefficient (Wildman–Crippen LogP) is 5.94. The van der Waals surface area contributed by atoms with Gasteiger partial charge in [-0.3, -0.25) is 27.6 Å². The Bertz CT molecular complexity index is 3480. The van der Waals surface area contributed by atoms with Crippen LogP contribution < -0.4 is 4.90 Å². The first-order valence-electron chi connectivity index (χ1n) is 22.1. The second-order valence-electron chi connectivity index (χ2n) is 17.7. The maximum atomic E-state index is 12.8. The minimum atomic E-state index is -5.15. The van der Waals surface area contributed by atoms with E-state index in [-0.39, 0.29) is 85.7 Å². The summed E-state index contributed by atoms with van der Waals surface area (Å²) in [5.74, 6) is -1.72. The molecular formula is C45H55N2O19S5+. The van der Waals surface area contributed by atoms with Gasteiger partial charge in [-0.2, -0.15) is 46.7 Å². The van der Waals surface area contributed by atoms with Crippen LogP contribution in [0.25, 0.3) is 21.5 Å². The number of carbonyl (C=O) groups is 1. The Morgan fingerprint density at radius 2 is 1.25 bits per heavy atom.